The molecule has 0 unspecified atom stereocenters. The molecule has 0 saturated carbocycles. The molecule has 0 aliphatic carbocycles. The van der Waals surface area contributed by atoms with Crippen LogP contribution in [-0.4, -0.2) is 59.5 Å². The maximum atomic E-state index is 12.8. The summed E-state index contributed by atoms with van der Waals surface area (Å²) in [7, 11) is -0.447. The van der Waals surface area contributed by atoms with E-state index in [1.807, 2.05) is 52.0 Å². The van der Waals surface area contributed by atoms with Gasteiger partial charge in [0.2, 0.25) is 5.91 Å². The Morgan fingerprint density at radius 3 is 2.14 bits per heavy atom. The summed E-state index contributed by atoms with van der Waals surface area (Å²) in [6, 6.07) is 6.86. The number of amides is 2. The van der Waals surface area contributed by atoms with E-state index in [1.54, 1.807) is 4.90 Å². The average Bonchev–Trinajstić information content (AvgIpc) is 2.89. The second-order valence-electron chi connectivity index (χ2n) is 8.92. The van der Waals surface area contributed by atoms with Crippen molar-refractivity contribution in [1.82, 2.24) is 10.2 Å². The van der Waals surface area contributed by atoms with Crippen molar-refractivity contribution in [2.24, 2.45) is 0 Å². The molecular weight excluding hydrogens is 371 g/mol. The second kappa shape index (κ2) is 8.36. The largest absolute Gasteiger partial charge is 0.494 e. The van der Waals surface area contributed by atoms with E-state index >= 15 is 0 Å². The van der Waals surface area contributed by atoms with E-state index in [0.717, 1.165) is 30.3 Å². The number of piperidine rings is 1. The fraction of sp³-hybridized carbons (Fsp3) is 0.619. The minimum atomic E-state index is -1.19. The predicted octanol–water partition coefficient (Wildman–Crippen LogP) is 2.18. The van der Waals surface area contributed by atoms with Gasteiger partial charge in [-0.3, -0.25) is 4.79 Å². The number of rotatable bonds is 5. The van der Waals surface area contributed by atoms with Gasteiger partial charge in [-0.2, -0.15) is 0 Å². The highest BCUT2D eigenvalue weighted by molar-refractivity contribution is 6.62. The molecule has 0 bridgehead atoms. The summed E-state index contributed by atoms with van der Waals surface area (Å²) in [6.07, 6.45) is 2.17. The van der Waals surface area contributed by atoms with Crippen molar-refractivity contribution in [2.45, 2.75) is 70.6 Å². The number of carbonyl (C=O) groups is 2. The van der Waals surface area contributed by atoms with Crippen LogP contribution in [0.15, 0.2) is 24.3 Å². The highest BCUT2D eigenvalue weighted by Gasteiger charge is 2.51. The maximum absolute atomic E-state index is 12.8. The molecule has 2 aliphatic heterocycles. The maximum Gasteiger partial charge on any atom is 0.494 e. The molecule has 8 heteroatoms. The third-order valence-corrected chi connectivity index (χ3v) is 6.21. The van der Waals surface area contributed by atoms with E-state index in [9.17, 15) is 14.7 Å². The van der Waals surface area contributed by atoms with Crippen LogP contribution in [0, 0.1) is 0 Å². The smallest absolute Gasteiger partial charge is 0.465 e. The predicted molar refractivity (Wildman–Crippen MR) is 111 cm³/mol. The molecular formula is C21H31BN2O5. The fourth-order valence-corrected chi connectivity index (χ4v) is 3.71. The summed E-state index contributed by atoms with van der Waals surface area (Å²) in [5, 5.41) is 11.6. The first-order chi connectivity index (χ1) is 13.6. The molecule has 2 fully saturated rings. The molecule has 0 aromatic heterocycles. The number of hydrogen-bond donors (Lipinski definition) is 2. The van der Waals surface area contributed by atoms with Gasteiger partial charge in [0.15, 0.2) is 0 Å². The summed E-state index contributed by atoms with van der Waals surface area (Å²) < 4.78 is 12.1. The van der Waals surface area contributed by atoms with Gasteiger partial charge in [-0.15, -0.1) is 0 Å². The Morgan fingerprint density at radius 2 is 1.62 bits per heavy atom. The minimum absolute atomic E-state index is 0.151. The van der Waals surface area contributed by atoms with Crippen LogP contribution in [0.5, 0.6) is 0 Å². The van der Waals surface area contributed by atoms with E-state index in [0.29, 0.717) is 19.5 Å². The van der Waals surface area contributed by atoms with Gasteiger partial charge in [0.25, 0.3) is 0 Å². The third-order valence-electron chi connectivity index (χ3n) is 6.21. The molecule has 1 aromatic carbocycles. The third kappa shape index (κ3) is 4.93. The van der Waals surface area contributed by atoms with Crippen molar-refractivity contribution in [2.75, 3.05) is 13.1 Å². The summed E-state index contributed by atoms with van der Waals surface area (Å²) in [6.45, 7) is 9.42. The lowest BCUT2D eigenvalue weighted by Crippen LogP contribution is -2.50. The summed E-state index contributed by atoms with van der Waals surface area (Å²) in [5.41, 5.74) is 0.966. The Balaban J connectivity index is 1.69. The standard InChI is InChI=1S/C21H31BN2O5/c1-20(2)21(3,4)29-22(28-20)16-10-8-15(9-11-16)14-17(23-19(26)27)18(25)24-12-6-5-7-13-24/h8-11,17,23H,5-7,12-14H2,1-4H3,(H,26,27)/t17-/m0/s1. The van der Waals surface area contributed by atoms with E-state index in [1.165, 1.54) is 0 Å². The molecule has 2 heterocycles. The van der Waals surface area contributed by atoms with Crippen molar-refractivity contribution in [3.05, 3.63) is 29.8 Å². The molecule has 0 radical (unpaired) electrons. The first-order valence-corrected chi connectivity index (χ1v) is 10.3. The molecule has 7 nitrogen and oxygen atoms in total. The SMILES string of the molecule is CC1(C)OB(c2ccc(C[C@H](NC(=O)O)C(=O)N3CCCCC3)cc2)OC1(C)C. The topological polar surface area (TPSA) is 88.1 Å². The van der Waals surface area contributed by atoms with Gasteiger partial charge >= 0.3 is 13.2 Å². The van der Waals surface area contributed by atoms with Gasteiger partial charge in [0.05, 0.1) is 11.2 Å². The van der Waals surface area contributed by atoms with Crippen LogP contribution in [0.4, 0.5) is 4.79 Å². The van der Waals surface area contributed by atoms with Crippen molar-refractivity contribution < 1.29 is 24.0 Å². The number of nitrogens with zero attached hydrogens (tertiary/aromatic N) is 1. The van der Waals surface area contributed by atoms with Crippen molar-refractivity contribution >= 4 is 24.6 Å². The summed E-state index contributed by atoms with van der Waals surface area (Å²) in [4.78, 5) is 25.8. The first-order valence-electron chi connectivity index (χ1n) is 10.3. The molecule has 0 spiro atoms. The molecule has 3 rings (SSSR count). The number of carbonyl (C=O) groups excluding carboxylic acids is 1. The normalized spacial score (nSPS) is 21.7. The van der Waals surface area contributed by atoms with Gasteiger partial charge in [-0.05, 0) is 58.0 Å². The van der Waals surface area contributed by atoms with Crippen LogP contribution >= 0.6 is 0 Å². The van der Waals surface area contributed by atoms with Crippen molar-refractivity contribution in [1.29, 1.82) is 0 Å². The van der Waals surface area contributed by atoms with Crippen LogP contribution in [0.1, 0.15) is 52.5 Å². The molecule has 1 aromatic rings. The summed E-state index contributed by atoms with van der Waals surface area (Å²) >= 11 is 0. The number of benzene rings is 1. The molecule has 2 aliphatic rings. The van der Waals surface area contributed by atoms with E-state index < -0.39 is 30.5 Å². The minimum Gasteiger partial charge on any atom is -0.465 e. The number of carboxylic acid groups (broad SMARTS) is 1. The lowest BCUT2D eigenvalue weighted by atomic mass is 9.78. The molecule has 2 amide bonds. The zero-order chi connectivity index (χ0) is 21.2. The lowest BCUT2D eigenvalue weighted by Gasteiger charge is -2.32. The number of hydrogen-bond acceptors (Lipinski definition) is 4. The van der Waals surface area contributed by atoms with E-state index in [4.69, 9.17) is 9.31 Å². The quantitative estimate of drug-likeness (QED) is 0.738. The van der Waals surface area contributed by atoms with Crippen molar-refractivity contribution in [3.63, 3.8) is 0 Å². The van der Waals surface area contributed by atoms with Crippen LogP contribution in [-0.2, 0) is 20.5 Å². The van der Waals surface area contributed by atoms with Gasteiger partial charge in [-0.1, -0.05) is 24.3 Å². The van der Waals surface area contributed by atoms with Gasteiger partial charge in [-0.25, -0.2) is 4.79 Å². The van der Waals surface area contributed by atoms with E-state index in [-0.39, 0.29) is 5.91 Å². The highest BCUT2D eigenvalue weighted by atomic mass is 16.7. The van der Waals surface area contributed by atoms with Gasteiger partial charge < -0.3 is 24.6 Å². The fourth-order valence-electron chi connectivity index (χ4n) is 3.71. The van der Waals surface area contributed by atoms with Crippen LogP contribution in [0.25, 0.3) is 0 Å². The Kier molecular flexibility index (Phi) is 6.24. The van der Waals surface area contributed by atoms with Crippen LogP contribution in [0.2, 0.25) is 0 Å². The van der Waals surface area contributed by atoms with Gasteiger partial charge in [0.1, 0.15) is 6.04 Å². The zero-order valence-electron chi connectivity index (χ0n) is 17.7. The second-order valence-corrected chi connectivity index (χ2v) is 8.92. The van der Waals surface area contributed by atoms with Gasteiger partial charge in [0, 0.05) is 19.5 Å². The number of nitrogens with one attached hydrogen (secondary N) is 1. The van der Waals surface area contributed by atoms with Crippen molar-refractivity contribution in [3.8, 4) is 0 Å². The Morgan fingerprint density at radius 1 is 1.07 bits per heavy atom. The molecule has 1 atom stereocenters. The molecule has 2 saturated heterocycles. The summed E-state index contributed by atoms with van der Waals surface area (Å²) in [5.74, 6) is -0.151. The average molecular weight is 402 g/mol. The highest BCUT2D eigenvalue weighted by Crippen LogP contribution is 2.36. The Bertz CT molecular complexity index is 728. The van der Waals surface area contributed by atoms with E-state index in [2.05, 4.69) is 5.32 Å². The number of likely N-dealkylation sites (tertiary alicyclic amines) is 1. The first kappa shape index (κ1) is 21.6. The molecule has 2 N–H and O–H groups in total. The molecule has 29 heavy (non-hydrogen) atoms. The monoisotopic (exact) mass is 402 g/mol. The van der Waals surface area contributed by atoms with Crippen LogP contribution in [0.3, 0.4) is 0 Å². The lowest BCUT2D eigenvalue weighted by molar-refractivity contribution is -0.134. The molecule has 158 valence electrons. The Hall–Kier alpha value is -2.06. The Labute approximate surface area is 172 Å². The van der Waals surface area contributed by atoms with Crippen LogP contribution < -0.4 is 10.8 Å². The zero-order valence-corrected chi connectivity index (χ0v) is 17.7.